The molecule has 0 saturated heterocycles. The number of nitrogens with two attached hydrogens (primary N) is 1. The van der Waals surface area contributed by atoms with E-state index >= 15 is 0 Å². The van der Waals surface area contributed by atoms with Gasteiger partial charge in [0.15, 0.2) is 0 Å². The standard InChI is InChI=1S/C14H20Br2N2O/c1-3-5-6-9(4-2)14(19)18-13-11(16)7-10(15)8-12(13)17/h7-9H,3-6,17H2,1-2H3,(H,18,19). The minimum absolute atomic E-state index is 0.0469. The first-order valence-corrected chi connectivity index (χ1v) is 8.13. The number of amides is 1. The van der Waals surface area contributed by atoms with Crippen molar-refractivity contribution in [2.24, 2.45) is 5.92 Å². The van der Waals surface area contributed by atoms with Crippen molar-refractivity contribution in [3.05, 3.63) is 21.1 Å². The molecule has 1 unspecified atom stereocenters. The van der Waals surface area contributed by atoms with Crippen molar-refractivity contribution in [3.8, 4) is 0 Å². The Morgan fingerprint density at radius 3 is 2.58 bits per heavy atom. The fraction of sp³-hybridized carbons (Fsp3) is 0.500. The molecule has 1 rings (SSSR count). The van der Waals surface area contributed by atoms with Gasteiger partial charge in [0, 0.05) is 14.9 Å². The molecule has 0 aliphatic carbocycles. The van der Waals surface area contributed by atoms with Crippen LogP contribution in [0.4, 0.5) is 11.4 Å². The normalized spacial score (nSPS) is 12.2. The number of nitrogens with one attached hydrogen (secondary N) is 1. The smallest absolute Gasteiger partial charge is 0.227 e. The van der Waals surface area contributed by atoms with Crippen molar-refractivity contribution in [2.45, 2.75) is 39.5 Å². The van der Waals surface area contributed by atoms with Crippen LogP contribution in [-0.4, -0.2) is 5.91 Å². The number of halogens is 2. The van der Waals surface area contributed by atoms with Crippen LogP contribution in [0.1, 0.15) is 39.5 Å². The molecule has 0 fully saturated rings. The number of nitrogen functional groups attached to an aromatic ring is 1. The molecule has 0 aliphatic rings. The van der Waals surface area contributed by atoms with Gasteiger partial charge in [0.25, 0.3) is 0 Å². The zero-order valence-corrected chi connectivity index (χ0v) is 14.5. The summed E-state index contributed by atoms with van der Waals surface area (Å²) in [4.78, 5) is 12.2. The third-order valence-electron chi connectivity index (χ3n) is 3.10. The average Bonchev–Trinajstić information content (AvgIpc) is 2.34. The number of hydrogen-bond acceptors (Lipinski definition) is 2. The monoisotopic (exact) mass is 390 g/mol. The molecule has 0 aliphatic heterocycles. The van der Waals surface area contributed by atoms with Crippen LogP contribution >= 0.6 is 31.9 Å². The maximum Gasteiger partial charge on any atom is 0.227 e. The van der Waals surface area contributed by atoms with Crippen molar-refractivity contribution >= 4 is 49.1 Å². The van der Waals surface area contributed by atoms with Crippen molar-refractivity contribution in [3.63, 3.8) is 0 Å². The molecular weight excluding hydrogens is 372 g/mol. The van der Waals surface area contributed by atoms with Gasteiger partial charge in [0.1, 0.15) is 0 Å². The Morgan fingerprint density at radius 1 is 1.37 bits per heavy atom. The Balaban J connectivity index is 2.81. The van der Waals surface area contributed by atoms with E-state index in [9.17, 15) is 4.79 Å². The highest BCUT2D eigenvalue weighted by Gasteiger charge is 2.18. The molecule has 1 aromatic rings. The number of hydrogen-bond donors (Lipinski definition) is 2. The summed E-state index contributed by atoms with van der Waals surface area (Å²) in [6.45, 7) is 4.17. The predicted octanol–water partition coefficient (Wildman–Crippen LogP) is 4.95. The highest BCUT2D eigenvalue weighted by molar-refractivity contribution is 9.11. The van der Waals surface area contributed by atoms with Gasteiger partial charge in [0.2, 0.25) is 5.91 Å². The lowest BCUT2D eigenvalue weighted by atomic mass is 9.98. The summed E-state index contributed by atoms with van der Waals surface area (Å²) in [5, 5.41) is 2.93. The predicted molar refractivity (Wildman–Crippen MR) is 88.2 cm³/mol. The lowest BCUT2D eigenvalue weighted by Crippen LogP contribution is -2.23. The quantitative estimate of drug-likeness (QED) is 0.674. The summed E-state index contributed by atoms with van der Waals surface area (Å²) in [7, 11) is 0. The molecular formula is C14H20Br2N2O. The molecule has 3 nitrogen and oxygen atoms in total. The van der Waals surface area contributed by atoms with Crippen molar-refractivity contribution < 1.29 is 4.79 Å². The summed E-state index contributed by atoms with van der Waals surface area (Å²) in [5.41, 5.74) is 7.15. The molecule has 0 heterocycles. The first-order chi connectivity index (χ1) is 8.99. The molecule has 0 bridgehead atoms. The lowest BCUT2D eigenvalue weighted by Gasteiger charge is -2.17. The van der Waals surface area contributed by atoms with E-state index in [0.29, 0.717) is 11.4 Å². The zero-order valence-electron chi connectivity index (χ0n) is 11.3. The molecule has 1 amide bonds. The molecule has 106 valence electrons. The summed E-state index contributed by atoms with van der Waals surface area (Å²) in [6, 6.07) is 3.66. The first-order valence-electron chi connectivity index (χ1n) is 6.54. The van der Waals surface area contributed by atoms with Gasteiger partial charge in [-0.05, 0) is 40.9 Å². The molecule has 1 atom stereocenters. The Kier molecular flexibility index (Phi) is 6.86. The lowest BCUT2D eigenvalue weighted by molar-refractivity contribution is -0.120. The van der Waals surface area contributed by atoms with Gasteiger partial charge in [-0.15, -0.1) is 0 Å². The summed E-state index contributed by atoms with van der Waals surface area (Å²) < 4.78 is 1.67. The third-order valence-corrected chi connectivity index (χ3v) is 4.19. The van der Waals surface area contributed by atoms with Crippen LogP contribution < -0.4 is 11.1 Å². The topological polar surface area (TPSA) is 55.1 Å². The van der Waals surface area contributed by atoms with E-state index in [1.54, 1.807) is 6.07 Å². The van der Waals surface area contributed by atoms with Gasteiger partial charge in [-0.1, -0.05) is 42.6 Å². The second kappa shape index (κ2) is 7.90. The maximum absolute atomic E-state index is 12.2. The van der Waals surface area contributed by atoms with E-state index in [0.717, 1.165) is 34.6 Å². The van der Waals surface area contributed by atoms with Gasteiger partial charge >= 0.3 is 0 Å². The minimum atomic E-state index is 0.0469. The Morgan fingerprint density at radius 2 is 2.05 bits per heavy atom. The molecule has 1 aromatic carbocycles. The second-order valence-corrected chi connectivity index (χ2v) is 6.36. The highest BCUT2D eigenvalue weighted by Crippen LogP contribution is 2.33. The first kappa shape index (κ1) is 16.5. The SMILES string of the molecule is CCCCC(CC)C(=O)Nc1c(N)cc(Br)cc1Br. The van der Waals surface area contributed by atoms with Gasteiger partial charge in [0.05, 0.1) is 11.4 Å². The Hall–Kier alpha value is -0.550. The van der Waals surface area contributed by atoms with Crippen LogP contribution in [0.2, 0.25) is 0 Å². The fourth-order valence-corrected chi connectivity index (χ4v) is 3.28. The van der Waals surface area contributed by atoms with E-state index in [2.05, 4.69) is 44.1 Å². The molecule has 3 N–H and O–H groups in total. The average molecular weight is 392 g/mol. The minimum Gasteiger partial charge on any atom is -0.397 e. The second-order valence-electron chi connectivity index (χ2n) is 4.59. The van der Waals surface area contributed by atoms with Crippen LogP contribution in [0.5, 0.6) is 0 Å². The summed E-state index contributed by atoms with van der Waals surface area (Å²) in [6.07, 6.45) is 3.95. The number of benzene rings is 1. The van der Waals surface area contributed by atoms with E-state index < -0.39 is 0 Å². The maximum atomic E-state index is 12.2. The number of rotatable bonds is 6. The number of anilines is 2. The number of carbonyl (C=O) groups is 1. The van der Waals surface area contributed by atoms with Gasteiger partial charge < -0.3 is 11.1 Å². The van der Waals surface area contributed by atoms with Crippen molar-refractivity contribution in [1.29, 1.82) is 0 Å². The molecule has 5 heteroatoms. The molecule has 0 radical (unpaired) electrons. The fourth-order valence-electron chi connectivity index (χ4n) is 1.92. The Labute approximate surface area is 131 Å². The highest BCUT2D eigenvalue weighted by atomic mass is 79.9. The largest absolute Gasteiger partial charge is 0.397 e. The van der Waals surface area contributed by atoms with E-state index in [4.69, 9.17) is 5.73 Å². The van der Waals surface area contributed by atoms with E-state index in [1.165, 1.54) is 0 Å². The summed E-state index contributed by atoms with van der Waals surface area (Å²) in [5.74, 6) is 0.0977. The van der Waals surface area contributed by atoms with Crippen LogP contribution in [0.25, 0.3) is 0 Å². The molecule has 0 saturated carbocycles. The molecule has 19 heavy (non-hydrogen) atoms. The van der Waals surface area contributed by atoms with Crippen LogP contribution in [0.15, 0.2) is 21.1 Å². The van der Waals surface area contributed by atoms with Crippen LogP contribution in [0.3, 0.4) is 0 Å². The van der Waals surface area contributed by atoms with Gasteiger partial charge in [-0.25, -0.2) is 0 Å². The van der Waals surface area contributed by atoms with Crippen LogP contribution in [0, 0.1) is 5.92 Å². The Bertz CT molecular complexity index is 426. The van der Waals surface area contributed by atoms with Crippen LogP contribution in [-0.2, 0) is 4.79 Å². The number of unbranched alkanes of at least 4 members (excludes halogenated alkanes) is 1. The third kappa shape index (κ3) is 4.80. The van der Waals surface area contributed by atoms with Gasteiger partial charge in [-0.3, -0.25) is 4.79 Å². The molecule has 0 spiro atoms. The molecule has 0 aromatic heterocycles. The summed E-state index contributed by atoms with van der Waals surface area (Å²) >= 11 is 6.79. The van der Waals surface area contributed by atoms with E-state index in [-0.39, 0.29) is 11.8 Å². The van der Waals surface area contributed by atoms with Crippen molar-refractivity contribution in [2.75, 3.05) is 11.1 Å². The number of carbonyl (C=O) groups excluding carboxylic acids is 1. The van der Waals surface area contributed by atoms with E-state index in [1.807, 2.05) is 13.0 Å². The zero-order chi connectivity index (χ0) is 14.4. The van der Waals surface area contributed by atoms with Gasteiger partial charge in [-0.2, -0.15) is 0 Å². The van der Waals surface area contributed by atoms with Crippen molar-refractivity contribution in [1.82, 2.24) is 0 Å².